The monoisotopic (exact) mass is 298 g/mol. The summed E-state index contributed by atoms with van der Waals surface area (Å²) >= 11 is 1.76. The Morgan fingerprint density at radius 2 is 2.30 bits per heavy atom. The van der Waals surface area contributed by atoms with Crippen molar-refractivity contribution in [2.75, 3.05) is 19.7 Å². The number of morpholine rings is 1. The Balaban J connectivity index is 2.27. The van der Waals surface area contributed by atoms with Gasteiger partial charge in [0.25, 0.3) is 0 Å². The Kier molecular flexibility index (Phi) is 4.87. The van der Waals surface area contributed by atoms with Crippen LogP contribution in [0.3, 0.4) is 0 Å². The second kappa shape index (κ2) is 6.12. The zero-order valence-corrected chi connectivity index (χ0v) is 13.6. The van der Waals surface area contributed by atoms with Gasteiger partial charge in [-0.1, -0.05) is 0 Å². The quantitative estimate of drug-likeness (QED) is 0.891. The maximum Gasteiger partial charge on any atom is 0.0940 e. The third kappa shape index (κ3) is 3.40. The molecule has 0 bridgehead atoms. The summed E-state index contributed by atoms with van der Waals surface area (Å²) in [6.45, 7) is 9.94. The van der Waals surface area contributed by atoms with Gasteiger partial charge >= 0.3 is 0 Å². The Bertz CT molecular complexity index is 445. The van der Waals surface area contributed by atoms with Crippen LogP contribution in [0.4, 0.5) is 0 Å². The van der Waals surface area contributed by atoms with Gasteiger partial charge in [-0.25, -0.2) is 0 Å². The van der Waals surface area contributed by atoms with Crippen LogP contribution in [0.1, 0.15) is 37.3 Å². The van der Waals surface area contributed by atoms with Gasteiger partial charge in [0.05, 0.1) is 24.4 Å². The lowest BCUT2D eigenvalue weighted by atomic mass is 9.98. The van der Waals surface area contributed by atoms with E-state index in [0.717, 1.165) is 13.1 Å². The molecule has 114 valence electrons. The highest BCUT2D eigenvalue weighted by atomic mass is 32.1. The second-order valence-electron chi connectivity index (χ2n) is 6.38. The zero-order valence-electron chi connectivity index (χ0n) is 12.8. The molecule has 5 heteroatoms. The summed E-state index contributed by atoms with van der Waals surface area (Å²) in [5.74, 6) is 0. The van der Waals surface area contributed by atoms with Crippen LogP contribution in [-0.2, 0) is 4.74 Å². The van der Waals surface area contributed by atoms with Gasteiger partial charge in [0, 0.05) is 24.0 Å². The summed E-state index contributed by atoms with van der Waals surface area (Å²) < 4.78 is 5.90. The number of thiophene rings is 1. The summed E-state index contributed by atoms with van der Waals surface area (Å²) in [6, 6.07) is 2.37. The van der Waals surface area contributed by atoms with Gasteiger partial charge in [0.2, 0.25) is 0 Å². The highest BCUT2D eigenvalue weighted by Crippen LogP contribution is 2.34. The van der Waals surface area contributed by atoms with E-state index in [1.54, 1.807) is 11.3 Å². The average molecular weight is 298 g/mol. The molecule has 1 aromatic rings. The van der Waals surface area contributed by atoms with Gasteiger partial charge in [0.1, 0.15) is 0 Å². The van der Waals surface area contributed by atoms with Crippen LogP contribution in [-0.4, -0.2) is 47.4 Å². The third-order valence-corrected chi connectivity index (χ3v) is 4.86. The number of aryl methyl sites for hydroxylation is 1. The summed E-state index contributed by atoms with van der Waals surface area (Å²) in [7, 11) is 0. The van der Waals surface area contributed by atoms with Crippen LogP contribution in [0, 0.1) is 6.92 Å². The van der Waals surface area contributed by atoms with E-state index in [0.29, 0.717) is 0 Å². The minimum Gasteiger partial charge on any atom is -0.394 e. The van der Waals surface area contributed by atoms with E-state index in [9.17, 15) is 5.11 Å². The molecule has 0 aliphatic carbocycles. The fourth-order valence-corrected chi connectivity index (χ4v) is 4.25. The molecule has 1 aliphatic rings. The molecule has 20 heavy (non-hydrogen) atoms. The van der Waals surface area contributed by atoms with E-state index in [-0.39, 0.29) is 30.4 Å². The average Bonchev–Trinajstić information content (AvgIpc) is 2.73. The van der Waals surface area contributed by atoms with E-state index in [1.165, 1.54) is 10.4 Å². The molecule has 2 rings (SSSR count). The van der Waals surface area contributed by atoms with E-state index in [4.69, 9.17) is 10.5 Å². The number of hydrogen-bond acceptors (Lipinski definition) is 5. The SMILES string of the molecule is Cc1ccsc1C(C(C)N)N1CC(CO)OC(C)(C)C1. The molecule has 2 heterocycles. The summed E-state index contributed by atoms with van der Waals surface area (Å²) in [5.41, 5.74) is 7.30. The maximum atomic E-state index is 9.47. The van der Waals surface area contributed by atoms with Crippen LogP contribution in [0.25, 0.3) is 0 Å². The lowest BCUT2D eigenvalue weighted by Gasteiger charge is -2.46. The number of hydrogen-bond donors (Lipinski definition) is 2. The standard InChI is InChI=1S/C15H26N2O2S/c1-10-5-6-20-14(10)13(11(2)16)17-7-12(8-18)19-15(3,4)9-17/h5-6,11-13,18H,7-9,16H2,1-4H3. The molecule has 0 spiro atoms. The molecule has 0 saturated carbocycles. The Morgan fingerprint density at radius 1 is 1.60 bits per heavy atom. The van der Waals surface area contributed by atoms with Crippen molar-refractivity contribution >= 4 is 11.3 Å². The molecule has 0 radical (unpaired) electrons. The number of ether oxygens (including phenoxy) is 1. The van der Waals surface area contributed by atoms with Crippen LogP contribution in [0.2, 0.25) is 0 Å². The number of nitrogens with zero attached hydrogens (tertiary/aromatic N) is 1. The summed E-state index contributed by atoms with van der Waals surface area (Å²) in [5, 5.41) is 11.6. The molecule has 1 saturated heterocycles. The molecule has 3 atom stereocenters. The van der Waals surface area contributed by atoms with Gasteiger partial charge in [-0.05, 0) is 44.7 Å². The van der Waals surface area contributed by atoms with E-state index < -0.39 is 0 Å². The van der Waals surface area contributed by atoms with Crippen molar-refractivity contribution < 1.29 is 9.84 Å². The largest absolute Gasteiger partial charge is 0.394 e. The van der Waals surface area contributed by atoms with Crippen molar-refractivity contribution in [3.05, 3.63) is 21.9 Å². The molecule has 1 aliphatic heterocycles. The first-order valence-corrected chi connectivity index (χ1v) is 8.04. The first kappa shape index (κ1) is 15.9. The van der Waals surface area contributed by atoms with Gasteiger partial charge in [-0.3, -0.25) is 4.90 Å². The summed E-state index contributed by atoms with van der Waals surface area (Å²) in [6.07, 6.45) is -0.139. The van der Waals surface area contributed by atoms with Crippen molar-refractivity contribution in [1.82, 2.24) is 4.90 Å². The Labute approximate surface area is 125 Å². The molecule has 3 N–H and O–H groups in total. The molecule has 1 aromatic heterocycles. The van der Waals surface area contributed by atoms with Crippen LogP contribution >= 0.6 is 11.3 Å². The van der Waals surface area contributed by atoms with Gasteiger partial charge < -0.3 is 15.6 Å². The molecule has 1 fully saturated rings. The van der Waals surface area contributed by atoms with Crippen LogP contribution in [0.5, 0.6) is 0 Å². The normalized spacial score (nSPS) is 26.4. The van der Waals surface area contributed by atoms with Crippen molar-refractivity contribution in [3.63, 3.8) is 0 Å². The summed E-state index contributed by atoms with van der Waals surface area (Å²) in [4.78, 5) is 3.70. The molecular weight excluding hydrogens is 272 g/mol. The molecule has 4 nitrogen and oxygen atoms in total. The van der Waals surface area contributed by atoms with E-state index >= 15 is 0 Å². The predicted molar refractivity (Wildman–Crippen MR) is 83.1 cm³/mol. The molecule has 3 unspecified atom stereocenters. The smallest absolute Gasteiger partial charge is 0.0940 e. The minimum atomic E-state index is -0.260. The van der Waals surface area contributed by atoms with Crippen molar-refractivity contribution in [3.8, 4) is 0 Å². The predicted octanol–water partition coefficient (Wildman–Crippen LogP) is 1.92. The Morgan fingerprint density at radius 3 is 2.80 bits per heavy atom. The van der Waals surface area contributed by atoms with Gasteiger partial charge in [-0.15, -0.1) is 11.3 Å². The fourth-order valence-electron chi connectivity index (χ4n) is 3.07. The topological polar surface area (TPSA) is 58.7 Å². The zero-order chi connectivity index (χ0) is 14.9. The second-order valence-corrected chi connectivity index (χ2v) is 7.33. The molecule has 0 aromatic carbocycles. The number of nitrogens with two attached hydrogens (primary N) is 1. The number of aliphatic hydroxyl groups is 1. The lowest BCUT2D eigenvalue weighted by Crippen LogP contribution is -2.56. The van der Waals surface area contributed by atoms with Gasteiger partial charge in [0.15, 0.2) is 0 Å². The third-order valence-electron chi connectivity index (χ3n) is 3.77. The fraction of sp³-hybridized carbons (Fsp3) is 0.733. The first-order valence-electron chi connectivity index (χ1n) is 7.16. The molecular formula is C15H26N2O2S. The highest BCUT2D eigenvalue weighted by molar-refractivity contribution is 7.10. The van der Waals surface area contributed by atoms with E-state index in [2.05, 4.69) is 44.0 Å². The van der Waals surface area contributed by atoms with Crippen LogP contribution in [0.15, 0.2) is 11.4 Å². The van der Waals surface area contributed by atoms with Crippen molar-refractivity contribution in [1.29, 1.82) is 0 Å². The highest BCUT2D eigenvalue weighted by Gasteiger charge is 2.38. The lowest BCUT2D eigenvalue weighted by molar-refractivity contribution is -0.158. The molecule has 0 amide bonds. The maximum absolute atomic E-state index is 9.47. The number of aliphatic hydroxyl groups excluding tert-OH is 1. The van der Waals surface area contributed by atoms with Gasteiger partial charge in [-0.2, -0.15) is 0 Å². The number of rotatable bonds is 4. The van der Waals surface area contributed by atoms with Crippen LogP contribution < -0.4 is 5.73 Å². The Hall–Kier alpha value is -0.460. The van der Waals surface area contributed by atoms with Crippen molar-refractivity contribution in [2.45, 2.75) is 51.5 Å². The first-order chi connectivity index (χ1) is 9.34. The minimum absolute atomic E-state index is 0.0422. The van der Waals surface area contributed by atoms with Crippen molar-refractivity contribution in [2.24, 2.45) is 5.73 Å². The van der Waals surface area contributed by atoms with E-state index in [1.807, 2.05) is 0 Å².